The first-order valence-corrected chi connectivity index (χ1v) is 10.8. The second-order valence-corrected chi connectivity index (χ2v) is 8.72. The van der Waals surface area contributed by atoms with Gasteiger partial charge in [0.2, 0.25) is 0 Å². The Bertz CT molecular complexity index is 856. The number of unbranched alkanes of at least 4 members (excludes halogenated alkanes) is 1. The lowest BCUT2D eigenvalue weighted by molar-refractivity contribution is -0.0328. The molecule has 0 saturated heterocycles. The summed E-state index contributed by atoms with van der Waals surface area (Å²) in [6.07, 6.45) is 3.43. The van der Waals surface area contributed by atoms with Gasteiger partial charge in [0.25, 0.3) is 0 Å². The zero-order valence-corrected chi connectivity index (χ0v) is 17.7. The Morgan fingerprint density at radius 2 is 1.86 bits per heavy atom. The van der Waals surface area contributed by atoms with Crippen molar-refractivity contribution in [3.05, 3.63) is 53.6 Å². The largest absolute Gasteiger partial charge is 0.446 e. The van der Waals surface area contributed by atoms with Crippen molar-refractivity contribution in [3.8, 4) is 0 Å². The van der Waals surface area contributed by atoms with Gasteiger partial charge in [0.15, 0.2) is 0 Å². The maximum absolute atomic E-state index is 13.0. The lowest BCUT2D eigenvalue weighted by Gasteiger charge is -2.29. The van der Waals surface area contributed by atoms with E-state index in [0.29, 0.717) is 12.2 Å². The second-order valence-electron chi connectivity index (χ2n) is 7.06. The predicted octanol–water partition coefficient (Wildman–Crippen LogP) is 6.39. The van der Waals surface area contributed by atoms with E-state index >= 15 is 0 Å². The van der Waals surface area contributed by atoms with E-state index in [2.05, 4.69) is 30.9 Å². The highest BCUT2D eigenvalue weighted by molar-refractivity contribution is 8.00. The molecule has 2 aromatic rings. The fraction of sp³-hybridized carbons (Fsp3) is 0.381. The van der Waals surface area contributed by atoms with Gasteiger partial charge in [0.05, 0.1) is 0 Å². The van der Waals surface area contributed by atoms with Crippen LogP contribution in [0.4, 0.5) is 23.7 Å². The lowest BCUT2D eigenvalue weighted by Crippen LogP contribution is -2.44. The normalized spacial score (nSPS) is 15.8. The minimum absolute atomic E-state index is 0.0618. The minimum atomic E-state index is -4.33. The molecule has 0 saturated carbocycles. The first-order valence-electron chi connectivity index (χ1n) is 9.49. The number of hydrogen-bond acceptors (Lipinski definition) is 3. The van der Waals surface area contributed by atoms with Crippen LogP contribution >= 0.6 is 24.4 Å². The molecule has 1 aliphatic carbocycles. The Morgan fingerprint density at radius 3 is 2.52 bits per heavy atom. The number of carbonyl (C=O) groups is 1. The summed E-state index contributed by atoms with van der Waals surface area (Å²) in [7, 11) is 0. The van der Waals surface area contributed by atoms with Crippen molar-refractivity contribution in [2.24, 2.45) is 0 Å². The number of urea groups is 1. The molecule has 2 aromatic carbocycles. The minimum Gasteiger partial charge on any atom is -0.321 e. The number of anilines is 1. The predicted molar refractivity (Wildman–Crippen MR) is 114 cm³/mol. The monoisotopic (exact) mass is 440 g/mol. The summed E-state index contributed by atoms with van der Waals surface area (Å²) in [5.74, 6) is 0. The SMILES string of the molecule is CCCCN(C(=O)Nc1ccc(SC(F)(F)F)cc1)C1Cc2ccc(S)cc2C1. The van der Waals surface area contributed by atoms with Gasteiger partial charge in [-0.15, -0.1) is 12.6 Å². The number of nitrogens with one attached hydrogen (secondary N) is 1. The molecule has 0 aromatic heterocycles. The first-order chi connectivity index (χ1) is 13.7. The number of benzene rings is 2. The number of halogens is 3. The van der Waals surface area contributed by atoms with Gasteiger partial charge in [-0.1, -0.05) is 19.4 Å². The number of hydrogen-bond donors (Lipinski definition) is 2. The van der Waals surface area contributed by atoms with Crippen molar-refractivity contribution in [2.45, 2.75) is 53.9 Å². The molecule has 3 nitrogen and oxygen atoms in total. The van der Waals surface area contributed by atoms with E-state index in [1.807, 2.05) is 17.0 Å². The maximum Gasteiger partial charge on any atom is 0.446 e. The van der Waals surface area contributed by atoms with Crippen LogP contribution in [0.5, 0.6) is 0 Å². The molecule has 8 heteroatoms. The van der Waals surface area contributed by atoms with Gasteiger partial charge in [-0.05, 0) is 78.5 Å². The number of carbonyl (C=O) groups excluding carboxylic acids is 1. The van der Waals surface area contributed by atoms with Crippen LogP contribution < -0.4 is 5.32 Å². The fourth-order valence-corrected chi connectivity index (χ4v) is 4.29. The summed E-state index contributed by atoms with van der Waals surface area (Å²) >= 11 is 4.23. The molecular formula is C21H23F3N2OS2. The lowest BCUT2D eigenvalue weighted by atomic mass is 10.1. The Labute approximate surface area is 178 Å². The number of amides is 2. The zero-order chi connectivity index (χ0) is 21.0. The van der Waals surface area contributed by atoms with Gasteiger partial charge in [-0.2, -0.15) is 13.2 Å². The molecule has 0 bridgehead atoms. The van der Waals surface area contributed by atoms with Crippen molar-refractivity contribution in [1.29, 1.82) is 0 Å². The molecule has 1 aliphatic rings. The van der Waals surface area contributed by atoms with E-state index in [4.69, 9.17) is 0 Å². The molecule has 2 amide bonds. The summed E-state index contributed by atoms with van der Waals surface area (Å²) in [4.78, 5) is 15.8. The number of alkyl halides is 3. The maximum atomic E-state index is 13.0. The van der Waals surface area contributed by atoms with E-state index in [9.17, 15) is 18.0 Å². The smallest absolute Gasteiger partial charge is 0.321 e. The number of fused-ring (bicyclic) bond motifs is 1. The van der Waals surface area contributed by atoms with Crippen molar-refractivity contribution < 1.29 is 18.0 Å². The van der Waals surface area contributed by atoms with Crippen LogP contribution in [-0.4, -0.2) is 29.0 Å². The van der Waals surface area contributed by atoms with E-state index in [-0.39, 0.29) is 28.7 Å². The van der Waals surface area contributed by atoms with Crippen LogP contribution in [-0.2, 0) is 12.8 Å². The van der Waals surface area contributed by atoms with E-state index in [0.717, 1.165) is 30.6 Å². The number of thioether (sulfide) groups is 1. The molecule has 0 spiro atoms. The summed E-state index contributed by atoms with van der Waals surface area (Å²) in [5.41, 5.74) is -1.40. The highest BCUT2D eigenvalue weighted by atomic mass is 32.2. The standard InChI is InChI=1S/C21H23F3N2OS2/c1-2-3-10-26(17-11-14-4-7-18(28)13-15(14)12-17)20(27)25-16-5-8-19(9-6-16)29-21(22,23)24/h4-9,13,17,28H,2-3,10-12H2,1H3,(H,25,27). The Balaban J connectivity index is 1.68. The second kappa shape index (κ2) is 9.34. The van der Waals surface area contributed by atoms with E-state index < -0.39 is 5.51 Å². The van der Waals surface area contributed by atoms with Crippen molar-refractivity contribution >= 4 is 36.1 Å². The fourth-order valence-electron chi connectivity index (χ4n) is 3.52. The van der Waals surface area contributed by atoms with Gasteiger partial charge in [0, 0.05) is 28.1 Å². The van der Waals surface area contributed by atoms with Crippen molar-refractivity contribution in [3.63, 3.8) is 0 Å². The van der Waals surface area contributed by atoms with Crippen LogP contribution in [0.15, 0.2) is 52.3 Å². The Morgan fingerprint density at radius 1 is 1.17 bits per heavy atom. The first kappa shape index (κ1) is 21.9. The highest BCUT2D eigenvalue weighted by Crippen LogP contribution is 2.37. The zero-order valence-electron chi connectivity index (χ0n) is 16.0. The topological polar surface area (TPSA) is 32.3 Å². The molecule has 156 valence electrons. The van der Waals surface area contributed by atoms with Crippen molar-refractivity contribution in [1.82, 2.24) is 4.90 Å². The average Bonchev–Trinajstić information content (AvgIpc) is 3.05. The number of nitrogens with zero attached hydrogens (tertiary/aromatic N) is 1. The van der Waals surface area contributed by atoms with Gasteiger partial charge < -0.3 is 10.2 Å². The quantitative estimate of drug-likeness (QED) is 0.403. The molecule has 0 aliphatic heterocycles. The average molecular weight is 441 g/mol. The molecule has 0 radical (unpaired) electrons. The third-order valence-electron chi connectivity index (χ3n) is 4.89. The summed E-state index contributed by atoms with van der Waals surface area (Å²) in [5, 5.41) is 2.84. The van der Waals surface area contributed by atoms with Gasteiger partial charge in [-0.25, -0.2) is 4.79 Å². The molecule has 1 atom stereocenters. The highest BCUT2D eigenvalue weighted by Gasteiger charge is 2.30. The number of thiol groups is 1. The molecule has 1 unspecified atom stereocenters. The van der Waals surface area contributed by atoms with Gasteiger partial charge in [0.1, 0.15) is 0 Å². The molecular weight excluding hydrogens is 417 g/mol. The molecule has 1 N–H and O–H groups in total. The van der Waals surface area contributed by atoms with E-state index in [1.165, 1.54) is 35.4 Å². The van der Waals surface area contributed by atoms with Crippen LogP contribution in [0.3, 0.4) is 0 Å². The number of rotatable bonds is 6. The van der Waals surface area contributed by atoms with Crippen LogP contribution in [0, 0.1) is 0 Å². The van der Waals surface area contributed by atoms with E-state index in [1.54, 1.807) is 0 Å². The van der Waals surface area contributed by atoms with Crippen LogP contribution in [0.25, 0.3) is 0 Å². The Kier molecular flexibility index (Phi) is 7.05. The van der Waals surface area contributed by atoms with Crippen LogP contribution in [0.1, 0.15) is 30.9 Å². The van der Waals surface area contributed by atoms with Gasteiger partial charge >= 0.3 is 11.5 Å². The summed E-state index contributed by atoms with van der Waals surface area (Å²) < 4.78 is 37.4. The molecule has 0 fully saturated rings. The molecule has 3 rings (SSSR count). The summed E-state index contributed by atoms with van der Waals surface area (Å²) in [6, 6.07) is 11.6. The van der Waals surface area contributed by atoms with Gasteiger partial charge in [-0.3, -0.25) is 0 Å². The summed E-state index contributed by atoms with van der Waals surface area (Å²) in [6.45, 7) is 2.71. The van der Waals surface area contributed by atoms with Crippen LogP contribution in [0.2, 0.25) is 0 Å². The van der Waals surface area contributed by atoms with Crippen molar-refractivity contribution in [2.75, 3.05) is 11.9 Å². The molecule has 0 heterocycles. The molecule has 29 heavy (non-hydrogen) atoms. The third kappa shape index (κ3) is 6.09. The Hall–Kier alpha value is -1.80. The third-order valence-corrected chi connectivity index (χ3v) is 5.91.